The maximum atomic E-state index is 10.3. The molecule has 0 saturated carbocycles. The standard InChI is InChI=1S/C16H16BrClO3/c1-20-15-5-3-10(7-12(15)17)8-14(19)11-4-6-16(21-2)13(18)9-11/h3-7,9,14,19H,8H2,1-2H3. The molecule has 0 saturated heterocycles. The van der Waals surface area contributed by atoms with Crippen LogP contribution in [0.3, 0.4) is 0 Å². The van der Waals surface area contributed by atoms with Gasteiger partial charge in [0.15, 0.2) is 0 Å². The van der Waals surface area contributed by atoms with E-state index in [4.69, 9.17) is 21.1 Å². The molecule has 5 heteroatoms. The van der Waals surface area contributed by atoms with Gasteiger partial charge >= 0.3 is 0 Å². The molecule has 0 aliphatic heterocycles. The fourth-order valence-corrected chi connectivity index (χ4v) is 2.92. The highest BCUT2D eigenvalue weighted by molar-refractivity contribution is 9.10. The van der Waals surface area contributed by atoms with Gasteiger partial charge in [-0.3, -0.25) is 0 Å². The van der Waals surface area contributed by atoms with Crippen LogP contribution in [0.25, 0.3) is 0 Å². The first-order chi connectivity index (χ1) is 10.0. The molecular weight excluding hydrogens is 356 g/mol. The zero-order valence-corrected chi connectivity index (χ0v) is 14.1. The van der Waals surface area contributed by atoms with Crippen LogP contribution in [0.15, 0.2) is 40.9 Å². The summed E-state index contributed by atoms with van der Waals surface area (Å²) in [6.45, 7) is 0. The van der Waals surface area contributed by atoms with Crippen molar-refractivity contribution in [3.63, 3.8) is 0 Å². The second-order valence-electron chi connectivity index (χ2n) is 4.58. The summed E-state index contributed by atoms with van der Waals surface area (Å²) in [4.78, 5) is 0. The predicted molar refractivity (Wildman–Crippen MR) is 87.4 cm³/mol. The van der Waals surface area contributed by atoms with E-state index in [1.54, 1.807) is 26.4 Å². The van der Waals surface area contributed by atoms with E-state index in [-0.39, 0.29) is 0 Å². The van der Waals surface area contributed by atoms with Gasteiger partial charge < -0.3 is 14.6 Å². The Bertz CT molecular complexity index is 631. The van der Waals surface area contributed by atoms with Crippen molar-refractivity contribution in [2.45, 2.75) is 12.5 Å². The van der Waals surface area contributed by atoms with Gasteiger partial charge in [-0.05, 0) is 51.3 Å². The normalized spacial score (nSPS) is 12.0. The summed E-state index contributed by atoms with van der Waals surface area (Å²) in [6, 6.07) is 11.0. The Morgan fingerprint density at radius 2 is 1.76 bits per heavy atom. The highest BCUT2D eigenvalue weighted by Crippen LogP contribution is 2.30. The molecule has 0 heterocycles. The molecule has 0 aliphatic carbocycles. The van der Waals surface area contributed by atoms with E-state index in [1.165, 1.54) is 0 Å². The number of aliphatic hydroxyl groups excluding tert-OH is 1. The van der Waals surface area contributed by atoms with E-state index in [0.717, 1.165) is 21.3 Å². The minimum absolute atomic E-state index is 0.491. The molecular formula is C16H16BrClO3. The van der Waals surface area contributed by atoms with Gasteiger partial charge in [-0.25, -0.2) is 0 Å². The van der Waals surface area contributed by atoms with Gasteiger partial charge in [0, 0.05) is 6.42 Å². The Balaban J connectivity index is 2.15. The van der Waals surface area contributed by atoms with Gasteiger partial charge in [0.1, 0.15) is 11.5 Å². The van der Waals surface area contributed by atoms with Gasteiger partial charge in [-0.15, -0.1) is 0 Å². The van der Waals surface area contributed by atoms with Gasteiger partial charge in [-0.2, -0.15) is 0 Å². The number of methoxy groups -OCH3 is 2. The van der Waals surface area contributed by atoms with Crippen LogP contribution in [0.4, 0.5) is 0 Å². The summed E-state index contributed by atoms with van der Waals surface area (Å²) >= 11 is 9.52. The number of aliphatic hydroxyl groups is 1. The average molecular weight is 372 g/mol. The van der Waals surface area contributed by atoms with Crippen LogP contribution < -0.4 is 9.47 Å². The monoisotopic (exact) mass is 370 g/mol. The van der Waals surface area contributed by atoms with Crippen LogP contribution in [0.1, 0.15) is 17.2 Å². The first-order valence-corrected chi connectivity index (χ1v) is 7.56. The molecule has 0 radical (unpaired) electrons. The lowest BCUT2D eigenvalue weighted by molar-refractivity contribution is 0.178. The summed E-state index contributed by atoms with van der Waals surface area (Å²) in [6.07, 6.45) is -0.140. The third kappa shape index (κ3) is 3.90. The Kier molecular flexibility index (Phi) is 5.51. The molecule has 0 amide bonds. The molecule has 0 aliphatic rings. The summed E-state index contributed by atoms with van der Waals surface area (Å²) in [5.74, 6) is 1.36. The highest BCUT2D eigenvalue weighted by Gasteiger charge is 2.12. The molecule has 3 nitrogen and oxygen atoms in total. The number of hydrogen-bond donors (Lipinski definition) is 1. The number of halogens is 2. The molecule has 0 bridgehead atoms. The van der Waals surface area contributed by atoms with Crippen molar-refractivity contribution in [1.29, 1.82) is 0 Å². The number of hydrogen-bond acceptors (Lipinski definition) is 3. The Labute approximate surface area is 137 Å². The van der Waals surface area contributed by atoms with Crippen molar-refractivity contribution in [1.82, 2.24) is 0 Å². The van der Waals surface area contributed by atoms with Crippen LogP contribution in [-0.2, 0) is 6.42 Å². The molecule has 1 unspecified atom stereocenters. The van der Waals surface area contributed by atoms with Gasteiger partial charge in [0.25, 0.3) is 0 Å². The van der Waals surface area contributed by atoms with E-state index in [1.807, 2.05) is 24.3 Å². The lowest BCUT2D eigenvalue weighted by Crippen LogP contribution is -2.02. The van der Waals surface area contributed by atoms with Gasteiger partial charge in [0.05, 0.1) is 29.8 Å². The third-order valence-electron chi connectivity index (χ3n) is 3.21. The third-order valence-corrected chi connectivity index (χ3v) is 4.12. The van der Waals surface area contributed by atoms with E-state index >= 15 is 0 Å². The first kappa shape index (κ1) is 16.1. The fraction of sp³-hybridized carbons (Fsp3) is 0.250. The van der Waals surface area contributed by atoms with Crippen LogP contribution >= 0.6 is 27.5 Å². The number of rotatable bonds is 5. The smallest absolute Gasteiger partial charge is 0.137 e. The Morgan fingerprint density at radius 3 is 2.33 bits per heavy atom. The zero-order chi connectivity index (χ0) is 15.4. The van der Waals surface area contributed by atoms with Crippen molar-refractivity contribution in [3.05, 3.63) is 57.0 Å². The van der Waals surface area contributed by atoms with Crippen molar-refractivity contribution in [2.24, 2.45) is 0 Å². The molecule has 2 aromatic carbocycles. The second-order valence-corrected chi connectivity index (χ2v) is 5.84. The average Bonchev–Trinajstić information content (AvgIpc) is 2.47. The maximum Gasteiger partial charge on any atom is 0.137 e. The van der Waals surface area contributed by atoms with Crippen molar-refractivity contribution in [3.8, 4) is 11.5 Å². The Morgan fingerprint density at radius 1 is 1.10 bits per heavy atom. The van der Waals surface area contributed by atoms with E-state index in [2.05, 4.69) is 15.9 Å². The minimum Gasteiger partial charge on any atom is -0.496 e. The van der Waals surface area contributed by atoms with Crippen LogP contribution in [0.5, 0.6) is 11.5 Å². The molecule has 2 rings (SSSR count). The molecule has 21 heavy (non-hydrogen) atoms. The highest BCUT2D eigenvalue weighted by atomic mass is 79.9. The molecule has 2 aromatic rings. The predicted octanol–water partition coefficient (Wildman–Crippen LogP) is 4.40. The largest absolute Gasteiger partial charge is 0.496 e. The van der Waals surface area contributed by atoms with Crippen LogP contribution in [0, 0.1) is 0 Å². The summed E-state index contributed by atoms with van der Waals surface area (Å²) in [7, 11) is 3.18. The lowest BCUT2D eigenvalue weighted by Gasteiger charge is -2.14. The lowest BCUT2D eigenvalue weighted by atomic mass is 10.0. The molecule has 1 atom stereocenters. The molecule has 0 spiro atoms. The van der Waals surface area contributed by atoms with Crippen LogP contribution in [0.2, 0.25) is 5.02 Å². The SMILES string of the molecule is COc1ccc(C(O)Cc2ccc(OC)c(Br)c2)cc1Cl. The van der Waals surface area contributed by atoms with E-state index in [9.17, 15) is 5.11 Å². The van der Waals surface area contributed by atoms with Gasteiger partial charge in [-0.1, -0.05) is 23.7 Å². The summed E-state index contributed by atoms with van der Waals surface area (Å²) in [5.41, 5.74) is 1.76. The fourth-order valence-electron chi connectivity index (χ4n) is 2.07. The zero-order valence-electron chi connectivity index (χ0n) is 11.8. The second kappa shape index (κ2) is 7.16. The molecule has 112 valence electrons. The number of benzene rings is 2. The van der Waals surface area contributed by atoms with E-state index < -0.39 is 6.10 Å². The summed E-state index contributed by atoms with van der Waals surface area (Å²) in [5, 5.41) is 10.8. The summed E-state index contributed by atoms with van der Waals surface area (Å²) < 4.78 is 11.2. The van der Waals surface area contributed by atoms with Crippen molar-refractivity contribution >= 4 is 27.5 Å². The molecule has 0 fully saturated rings. The van der Waals surface area contributed by atoms with Crippen molar-refractivity contribution in [2.75, 3.05) is 14.2 Å². The van der Waals surface area contributed by atoms with Crippen molar-refractivity contribution < 1.29 is 14.6 Å². The molecule has 0 aromatic heterocycles. The minimum atomic E-state index is -0.631. The van der Waals surface area contributed by atoms with Gasteiger partial charge in [0.2, 0.25) is 0 Å². The maximum absolute atomic E-state index is 10.3. The van der Waals surface area contributed by atoms with E-state index in [0.29, 0.717) is 17.2 Å². The van der Waals surface area contributed by atoms with Crippen LogP contribution in [-0.4, -0.2) is 19.3 Å². The quantitative estimate of drug-likeness (QED) is 0.847. The number of ether oxygens (including phenoxy) is 2. The Hall–Kier alpha value is -1.23. The first-order valence-electron chi connectivity index (χ1n) is 6.39. The molecule has 1 N–H and O–H groups in total. The topological polar surface area (TPSA) is 38.7 Å².